The maximum atomic E-state index is 13.1. The summed E-state index contributed by atoms with van der Waals surface area (Å²) in [5.74, 6) is 1.15. The van der Waals surface area contributed by atoms with Gasteiger partial charge in [0.15, 0.2) is 6.10 Å². The molecule has 3 aromatic rings. The van der Waals surface area contributed by atoms with Gasteiger partial charge in [-0.05, 0) is 43.5 Å². The average molecular weight is 381 g/mol. The minimum Gasteiger partial charge on any atom is -0.481 e. The first kappa shape index (κ1) is 18.0. The minimum absolute atomic E-state index is 0.0900. The molecule has 0 N–H and O–H groups in total. The number of likely N-dealkylation sites (tertiary alicyclic amines) is 1. The number of hydrogen-bond acceptors (Lipinski definition) is 4. The number of amides is 1. The molecule has 0 bridgehead atoms. The predicted molar refractivity (Wildman–Crippen MR) is 109 cm³/mol. The molecule has 2 aromatic carbocycles. The number of ether oxygens (including phenoxy) is 1. The van der Waals surface area contributed by atoms with Gasteiger partial charge in [-0.1, -0.05) is 37.3 Å². The molecule has 1 aliphatic rings. The van der Waals surface area contributed by atoms with Gasteiger partial charge < -0.3 is 9.64 Å². The molecule has 27 heavy (non-hydrogen) atoms. The second-order valence-electron chi connectivity index (χ2n) is 6.97. The summed E-state index contributed by atoms with van der Waals surface area (Å²) in [6.07, 6.45) is 2.32. The van der Waals surface area contributed by atoms with Gasteiger partial charge in [0, 0.05) is 19.0 Å². The Labute approximate surface area is 163 Å². The van der Waals surface area contributed by atoms with E-state index >= 15 is 0 Å². The van der Waals surface area contributed by atoms with Crippen molar-refractivity contribution < 1.29 is 9.53 Å². The van der Waals surface area contributed by atoms with Crippen LogP contribution in [0, 0.1) is 0 Å². The summed E-state index contributed by atoms with van der Waals surface area (Å²) in [6, 6.07) is 17.8. The number of thiazole rings is 1. The fourth-order valence-electron chi connectivity index (χ4n) is 3.62. The third-order valence-corrected chi connectivity index (χ3v) is 6.26. The maximum Gasteiger partial charge on any atom is 0.263 e. The van der Waals surface area contributed by atoms with Crippen molar-refractivity contribution in [2.45, 2.75) is 38.2 Å². The van der Waals surface area contributed by atoms with Gasteiger partial charge in [0.05, 0.1) is 15.2 Å². The molecule has 0 unspecified atom stereocenters. The first-order valence-corrected chi connectivity index (χ1v) is 10.4. The van der Waals surface area contributed by atoms with Gasteiger partial charge in [-0.25, -0.2) is 4.98 Å². The summed E-state index contributed by atoms with van der Waals surface area (Å²) in [5.41, 5.74) is 1.06. The molecule has 0 saturated carbocycles. The zero-order chi connectivity index (χ0) is 18.6. The third kappa shape index (κ3) is 3.98. The molecule has 0 radical (unpaired) electrons. The Balaban J connectivity index is 1.47. The van der Waals surface area contributed by atoms with Crippen molar-refractivity contribution in [3.05, 3.63) is 59.6 Å². The van der Waals surface area contributed by atoms with Gasteiger partial charge >= 0.3 is 0 Å². The summed E-state index contributed by atoms with van der Waals surface area (Å²) < 4.78 is 7.18. The van der Waals surface area contributed by atoms with Crippen LogP contribution < -0.4 is 4.74 Å². The highest BCUT2D eigenvalue weighted by Gasteiger charge is 2.31. The molecule has 140 valence electrons. The predicted octanol–water partition coefficient (Wildman–Crippen LogP) is 4.86. The SMILES string of the molecule is CC[C@@H](Oc1ccccc1)C(=O)N1CCC[C@@H](c2nc3ccccc3s2)C1. The molecular formula is C22H24N2O2S. The second kappa shape index (κ2) is 8.09. The molecular weight excluding hydrogens is 356 g/mol. The highest BCUT2D eigenvalue weighted by atomic mass is 32.1. The zero-order valence-electron chi connectivity index (χ0n) is 15.5. The lowest BCUT2D eigenvalue weighted by Gasteiger charge is -2.34. The number of carbonyl (C=O) groups is 1. The number of hydrogen-bond donors (Lipinski definition) is 0. The fraction of sp³-hybridized carbons (Fsp3) is 0.364. The lowest BCUT2D eigenvalue weighted by atomic mass is 9.98. The summed E-state index contributed by atoms with van der Waals surface area (Å²) >= 11 is 1.75. The van der Waals surface area contributed by atoms with E-state index in [0.29, 0.717) is 12.3 Å². The fourth-order valence-corrected chi connectivity index (χ4v) is 4.71. The summed E-state index contributed by atoms with van der Waals surface area (Å²) in [7, 11) is 0. The van der Waals surface area contributed by atoms with Crippen LogP contribution in [0.15, 0.2) is 54.6 Å². The van der Waals surface area contributed by atoms with E-state index in [2.05, 4.69) is 12.1 Å². The lowest BCUT2D eigenvalue weighted by Crippen LogP contribution is -2.46. The van der Waals surface area contributed by atoms with E-state index in [1.54, 1.807) is 11.3 Å². The number of piperidine rings is 1. The highest BCUT2D eigenvalue weighted by molar-refractivity contribution is 7.18. The minimum atomic E-state index is -0.429. The van der Waals surface area contributed by atoms with E-state index in [4.69, 9.17) is 9.72 Å². The molecule has 5 heteroatoms. The van der Waals surface area contributed by atoms with Crippen LogP contribution >= 0.6 is 11.3 Å². The summed E-state index contributed by atoms with van der Waals surface area (Å²) in [6.45, 7) is 3.53. The van der Waals surface area contributed by atoms with Crippen LogP contribution in [0.2, 0.25) is 0 Å². The molecule has 1 amide bonds. The van der Waals surface area contributed by atoms with E-state index < -0.39 is 6.10 Å². The molecule has 1 saturated heterocycles. The van der Waals surface area contributed by atoms with Crippen molar-refractivity contribution in [3.8, 4) is 5.75 Å². The third-order valence-electron chi connectivity index (χ3n) is 5.06. The standard InChI is InChI=1S/C22H24N2O2S/c1-2-19(26-17-10-4-3-5-11-17)22(25)24-14-8-9-16(15-24)21-23-18-12-6-7-13-20(18)27-21/h3-7,10-13,16,19H,2,8-9,14-15H2,1H3/t16-,19-/m1/s1. The van der Waals surface area contributed by atoms with Crippen LogP contribution in [-0.4, -0.2) is 35.0 Å². The number of fused-ring (bicyclic) bond motifs is 1. The molecule has 0 aliphatic carbocycles. The molecule has 1 aliphatic heterocycles. The number of aromatic nitrogens is 1. The summed E-state index contributed by atoms with van der Waals surface area (Å²) in [4.78, 5) is 19.8. The molecule has 1 aromatic heterocycles. The maximum absolute atomic E-state index is 13.1. The van der Waals surface area contributed by atoms with Crippen LogP contribution in [0.5, 0.6) is 5.75 Å². The first-order chi connectivity index (χ1) is 13.2. The Morgan fingerprint density at radius 3 is 2.78 bits per heavy atom. The van der Waals surface area contributed by atoms with Crippen molar-refractivity contribution >= 4 is 27.5 Å². The normalized spacial score (nSPS) is 18.4. The topological polar surface area (TPSA) is 42.4 Å². The molecule has 4 rings (SSSR count). The van der Waals surface area contributed by atoms with Crippen LogP contribution in [0.3, 0.4) is 0 Å². The van der Waals surface area contributed by atoms with Gasteiger partial charge in [0.2, 0.25) is 0 Å². The Bertz CT molecular complexity index is 876. The first-order valence-electron chi connectivity index (χ1n) is 9.60. The second-order valence-corrected chi connectivity index (χ2v) is 8.03. The Kier molecular flexibility index (Phi) is 5.39. The summed E-state index contributed by atoms with van der Waals surface area (Å²) in [5, 5.41) is 1.14. The van der Waals surface area contributed by atoms with Gasteiger partial charge in [0.1, 0.15) is 5.75 Å². The number of carbonyl (C=O) groups excluding carboxylic acids is 1. The molecule has 1 fully saturated rings. The number of nitrogens with zero attached hydrogens (tertiary/aromatic N) is 2. The van der Waals surface area contributed by atoms with E-state index in [9.17, 15) is 4.79 Å². The highest BCUT2D eigenvalue weighted by Crippen LogP contribution is 2.33. The van der Waals surface area contributed by atoms with Crippen LogP contribution in [0.25, 0.3) is 10.2 Å². The van der Waals surface area contributed by atoms with Crippen molar-refractivity contribution in [2.24, 2.45) is 0 Å². The lowest BCUT2D eigenvalue weighted by molar-refractivity contribution is -0.140. The van der Waals surface area contributed by atoms with Crippen LogP contribution in [0.1, 0.15) is 37.1 Å². The average Bonchev–Trinajstić information content (AvgIpc) is 3.17. The molecule has 0 spiro atoms. The number of para-hydroxylation sites is 2. The molecule has 2 atom stereocenters. The van der Waals surface area contributed by atoms with Crippen molar-refractivity contribution in [2.75, 3.05) is 13.1 Å². The smallest absolute Gasteiger partial charge is 0.263 e. The van der Waals surface area contributed by atoms with E-state index in [0.717, 1.165) is 42.2 Å². The van der Waals surface area contributed by atoms with Crippen LogP contribution in [0.4, 0.5) is 0 Å². The van der Waals surface area contributed by atoms with Gasteiger partial charge in [0.25, 0.3) is 5.91 Å². The van der Waals surface area contributed by atoms with Crippen molar-refractivity contribution in [1.29, 1.82) is 0 Å². The van der Waals surface area contributed by atoms with Crippen molar-refractivity contribution in [1.82, 2.24) is 9.88 Å². The van der Waals surface area contributed by atoms with Gasteiger partial charge in [-0.3, -0.25) is 4.79 Å². The van der Waals surface area contributed by atoms with Gasteiger partial charge in [-0.15, -0.1) is 11.3 Å². The largest absolute Gasteiger partial charge is 0.481 e. The Hall–Kier alpha value is -2.40. The molecule has 2 heterocycles. The van der Waals surface area contributed by atoms with Crippen LogP contribution in [-0.2, 0) is 4.79 Å². The Morgan fingerprint density at radius 2 is 2.00 bits per heavy atom. The molecule has 4 nitrogen and oxygen atoms in total. The van der Waals surface area contributed by atoms with E-state index in [1.807, 2.05) is 54.3 Å². The van der Waals surface area contributed by atoms with E-state index in [-0.39, 0.29) is 5.91 Å². The quantitative estimate of drug-likeness (QED) is 0.635. The Morgan fingerprint density at radius 1 is 1.22 bits per heavy atom. The van der Waals surface area contributed by atoms with Crippen molar-refractivity contribution in [3.63, 3.8) is 0 Å². The zero-order valence-corrected chi connectivity index (χ0v) is 16.3. The van der Waals surface area contributed by atoms with Gasteiger partial charge in [-0.2, -0.15) is 0 Å². The van der Waals surface area contributed by atoms with E-state index in [1.165, 1.54) is 4.70 Å². The number of benzene rings is 2. The monoisotopic (exact) mass is 380 g/mol. The number of rotatable bonds is 5.